The van der Waals surface area contributed by atoms with Gasteiger partial charge in [0.05, 0.1) is 25.0 Å². The molecule has 1 saturated heterocycles. The van der Waals surface area contributed by atoms with Crippen LogP contribution in [0.1, 0.15) is 55.9 Å². The van der Waals surface area contributed by atoms with E-state index >= 15 is 0 Å². The first-order chi connectivity index (χ1) is 14.9. The number of fused-ring (bicyclic) bond motifs is 1. The molecule has 2 atom stereocenters. The number of para-hydroxylation sites is 1. The zero-order valence-electron chi connectivity index (χ0n) is 18.1. The summed E-state index contributed by atoms with van der Waals surface area (Å²) >= 11 is 0. The zero-order chi connectivity index (χ0) is 20.4. The number of nitrogens with one attached hydrogen (secondary N) is 2. The molecule has 7 heteroatoms. The predicted octanol–water partition coefficient (Wildman–Crippen LogP) is 4.85. The van der Waals surface area contributed by atoms with E-state index in [0.717, 1.165) is 62.8 Å². The maximum absolute atomic E-state index is 5.85. The number of rotatable bonds is 8. The fraction of sp³-hybridized carbons (Fsp3) is 0.542. The Morgan fingerprint density at radius 3 is 2.84 bits per heavy atom. The number of hydrogen-bond donors (Lipinski definition) is 2. The van der Waals surface area contributed by atoms with Gasteiger partial charge in [-0.25, -0.2) is 0 Å². The van der Waals surface area contributed by atoms with Crippen LogP contribution in [0, 0.1) is 0 Å². The number of hydrogen-bond acceptors (Lipinski definition) is 4. The molecular weight excluding hydrogens is 505 g/mol. The second-order valence-corrected chi connectivity index (χ2v) is 7.99. The van der Waals surface area contributed by atoms with Gasteiger partial charge in [-0.3, -0.25) is 4.99 Å². The number of guanidine groups is 1. The summed E-state index contributed by atoms with van der Waals surface area (Å²) in [4.78, 5) is 4.86. The fourth-order valence-corrected chi connectivity index (χ4v) is 4.11. The van der Waals surface area contributed by atoms with Crippen molar-refractivity contribution >= 4 is 29.9 Å². The molecule has 2 aromatic rings. The molecule has 0 bridgehead atoms. The van der Waals surface area contributed by atoms with Crippen LogP contribution in [0.5, 0.6) is 5.75 Å². The minimum Gasteiger partial charge on any atom is -0.493 e. The maximum Gasteiger partial charge on any atom is 0.191 e. The van der Waals surface area contributed by atoms with Gasteiger partial charge >= 0.3 is 0 Å². The van der Waals surface area contributed by atoms with Crippen LogP contribution in [-0.2, 0) is 11.2 Å². The number of halogens is 1. The van der Waals surface area contributed by atoms with Gasteiger partial charge in [-0.1, -0.05) is 18.2 Å². The Labute approximate surface area is 202 Å². The highest BCUT2D eigenvalue weighted by Crippen LogP contribution is 2.31. The first kappa shape index (κ1) is 23.9. The van der Waals surface area contributed by atoms with E-state index in [4.69, 9.17) is 18.9 Å². The van der Waals surface area contributed by atoms with Crippen molar-refractivity contribution in [2.24, 2.45) is 4.99 Å². The van der Waals surface area contributed by atoms with Crippen LogP contribution in [0.3, 0.4) is 0 Å². The second-order valence-electron chi connectivity index (χ2n) is 7.99. The first-order valence-corrected chi connectivity index (χ1v) is 11.3. The van der Waals surface area contributed by atoms with Crippen LogP contribution >= 0.6 is 24.0 Å². The van der Waals surface area contributed by atoms with Gasteiger partial charge in [0.2, 0.25) is 0 Å². The van der Waals surface area contributed by atoms with Gasteiger partial charge in [-0.2, -0.15) is 0 Å². The second kappa shape index (κ2) is 13.0. The summed E-state index contributed by atoms with van der Waals surface area (Å²) in [7, 11) is 0. The van der Waals surface area contributed by atoms with E-state index in [1.165, 1.54) is 24.8 Å². The SMILES string of the molecule is I.c1coc(CCNC(=NCCCC2CCCCO2)NC2CCOc3ccccc32)c1. The molecule has 2 unspecified atom stereocenters. The van der Waals surface area contributed by atoms with Crippen LogP contribution in [0.15, 0.2) is 52.1 Å². The van der Waals surface area contributed by atoms with E-state index in [9.17, 15) is 0 Å². The van der Waals surface area contributed by atoms with Gasteiger partial charge in [0.1, 0.15) is 11.5 Å². The van der Waals surface area contributed by atoms with Crippen molar-refractivity contribution < 1.29 is 13.9 Å². The van der Waals surface area contributed by atoms with Crippen molar-refractivity contribution in [3.63, 3.8) is 0 Å². The summed E-state index contributed by atoms with van der Waals surface area (Å²) in [5, 5.41) is 7.11. The molecule has 6 nitrogen and oxygen atoms in total. The number of ether oxygens (including phenoxy) is 2. The van der Waals surface area contributed by atoms with Gasteiger partial charge in [-0.05, 0) is 50.3 Å². The van der Waals surface area contributed by atoms with E-state index in [1.807, 2.05) is 24.3 Å². The lowest BCUT2D eigenvalue weighted by Gasteiger charge is -2.28. The lowest BCUT2D eigenvalue weighted by atomic mass is 10.0. The molecule has 0 spiro atoms. The molecule has 1 fully saturated rings. The average molecular weight is 539 g/mol. The molecule has 4 rings (SSSR count). The minimum atomic E-state index is 0. The molecule has 2 aliphatic rings. The largest absolute Gasteiger partial charge is 0.493 e. The molecule has 0 aliphatic carbocycles. The van der Waals surface area contributed by atoms with Crippen LogP contribution in [0.25, 0.3) is 0 Å². The predicted molar refractivity (Wildman–Crippen MR) is 133 cm³/mol. The van der Waals surface area contributed by atoms with E-state index in [2.05, 4.69) is 22.8 Å². The smallest absolute Gasteiger partial charge is 0.191 e. The molecule has 0 radical (unpaired) electrons. The number of furan rings is 1. The van der Waals surface area contributed by atoms with Gasteiger partial charge in [0.25, 0.3) is 0 Å². The molecule has 0 saturated carbocycles. The number of nitrogens with zero attached hydrogens (tertiary/aromatic N) is 1. The Bertz CT molecular complexity index is 791. The summed E-state index contributed by atoms with van der Waals surface area (Å²) in [6.45, 7) is 3.20. The van der Waals surface area contributed by atoms with Gasteiger partial charge in [0, 0.05) is 38.1 Å². The van der Waals surface area contributed by atoms with Crippen molar-refractivity contribution in [2.75, 3.05) is 26.3 Å². The Morgan fingerprint density at radius 2 is 2.00 bits per heavy atom. The highest BCUT2D eigenvalue weighted by molar-refractivity contribution is 14.0. The third-order valence-corrected chi connectivity index (χ3v) is 5.74. The van der Waals surface area contributed by atoms with Crippen molar-refractivity contribution in [3.05, 3.63) is 54.0 Å². The molecular formula is C24H34IN3O3. The Morgan fingerprint density at radius 1 is 1.06 bits per heavy atom. The van der Waals surface area contributed by atoms with Crippen molar-refractivity contribution in [1.82, 2.24) is 10.6 Å². The van der Waals surface area contributed by atoms with Crippen LogP contribution < -0.4 is 15.4 Å². The monoisotopic (exact) mass is 539 g/mol. The maximum atomic E-state index is 5.85. The molecule has 170 valence electrons. The van der Waals surface area contributed by atoms with Gasteiger partial charge in [-0.15, -0.1) is 24.0 Å². The van der Waals surface area contributed by atoms with Crippen LogP contribution in [-0.4, -0.2) is 38.4 Å². The zero-order valence-corrected chi connectivity index (χ0v) is 20.4. The van der Waals surface area contributed by atoms with E-state index in [0.29, 0.717) is 12.7 Å². The summed E-state index contributed by atoms with van der Waals surface area (Å²) in [5.41, 5.74) is 1.19. The minimum absolute atomic E-state index is 0. The first-order valence-electron chi connectivity index (χ1n) is 11.3. The molecule has 2 N–H and O–H groups in total. The average Bonchev–Trinajstić information content (AvgIpc) is 3.31. The van der Waals surface area contributed by atoms with Crippen molar-refractivity contribution in [2.45, 2.75) is 57.1 Å². The third-order valence-electron chi connectivity index (χ3n) is 5.74. The quantitative estimate of drug-likeness (QED) is 0.217. The Balaban J connectivity index is 0.00000272. The van der Waals surface area contributed by atoms with E-state index < -0.39 is 0 Å². The molecule has 2 aliphatic heterocycles. The Kier molecular flexibility index (Phi) is 9.99. The van der Waals surface area contributed by atoms with Gasteiger partial charge < -0.3 is 24.5 Å². The van der Waals surface area contributed by atoms with Crippen LogP contribution in [0.2, 0.25) is 0 Å². The highest BCUT2D eigenvalue weighted by Gasteiger charge is 2.22. The molecule has 1 aromatic heterocycles. The van der Waals surface area contributed by atoms with Crippen molar-refractivity contribution in [1.29, 1.82) is 0 Å². The lowest BCUT2D eigenvalue weighted by molar-refractivity contribution is 0.0105. The van der Waals surface area contributed by atoms with Crippen molar-refractivity contribution in [3.8, 4) is 5.75 Å². The Hall–Kier alpha value is -1.74. The summed E-state index contributed by atoms with van der Waals surface area (Å²) in [5.74, 6) is 2.80. The van der Waals surface area contributed by atoms with Gasteiger partial charge in [0.15, 0.2) is 5.96 Å². The van der Waals surface area contributed by atoms with Crippen LogP contribution in [0.4, 0.5) is 0 Å². The van der Waals surface area contributed by atoms with E-state index in [1.54, 1.807) is 6.26 Å². The summed E-state index contributed by atoms with van der Waals surface area (Å²) in [6.07, 6.45) is 9.69. The lowest BCUT2D eigenvalue weighted by Crippen LogP contribution is -2.42. The summed E-state index contributed by atoms with van der Waals surface area (Å²) < 4.78 is 17.1. The highest BCUT2D eigenvalue weighted by atomic mass is 127. The van der Waals surface area contributed by atoms with E-state index in [-0.39, 0.29) is 30.0 Å². The third kappa shape index (κ3) is 7.42. The molecule has 31 heavy (non-hydrogen) atoms. The number of aliphatic imine (C=N–C) groups is 1. The topological polar surface area (TPSA) is 68.0 Å². The summed E-state index contributed by atoms with van der Waals surface area (Å²) in [6, 6.07) is 12.4. The standard InChI is InChI=1S/C24H33N3O3.HI/c1-2-11-23-21(10-1)22(13-18-30-23)27-24(26-15-12-20-9-6-17-29-20)25-14-5-8-19-7-3-4-16-28-19;/h1-2,6,9-11,17,19,22H,3-5,7-8,12-16,18H2,(H2,25,26,27);1H. The number of benzene rings is 1. The molecule has 0 amide bonds. The molecule has 1 aromatic carbocycles. The normalized spacial score (nSPS) is 20.8. The molecule has 3 heterocycles. The fourth-order valence-electron chi connectivity index (χ4n) is 4.11.